The van der Waals surface area contributed by atoms with Crippen molar-refractivity contribution in [2.45, 2.75) is 0 Å². The Morgan fingerprint density at radius 3 is 2.81 bits per heavy atom. The fraction of sp³-hybridized carbons (Fsp3) is 0.0667. The van der Waals surface area contributed by atoms with Gasteiger partial charge < -0.3 is 5.32 Å². The molecule has 2 heterocycles. The number of anilines is 1. The molecule has 0 saturated carbocycles. The van der Waals surface area contributed by atoms with Crippen molar-refractivity contribution >= 4 is 22.4 Å². The van der Waals surface area contributed by atoms with Crippen LogP contribution in [-0.2, 0) is 0 Å². The summed E-state index contributed by atoms with van der Waals surface area (Å²) in [7, 11) is 1.72. The molecule has 0 spiro atoms. The summed E-state index contributed by atoms with van der Waals surface area (Å²) >= 11 is 0. The van der Waals surface area contributed by atoms with Crippen molar-refractivity contribution in [3.63, 3.8) is 0 Å². The predicted molar refractivity (Wildman–Crippen MR) is 81.2 cm³/mol. The molecular weight excluding hydrogens is 268 g/mol. The Balaban J connectivity index is 2.22. The first-order chi connectivity index (χ1) is 10.2. The molecule has 1 aromatic carbocycles. The molecule has 0 unspecified atom stereocenters. The number of hydrogen-bond acceptors (Lipinski definition) is 5. The molecule has 0 atom stereocenters. The van der Waals surface area contributed by atoms with Crippen molar-refractivity contribution in [3.8, 4) is 11.3 Å². The van der Waals surface area contributed by atoms with E-state index in [0.29, 0.717) is 17.1 Å². The van der Waals surface area contributed by atoms with Gasteiger partial charge in [0, 0.05) is 30.3 Å². The Bertz CT molecular complexity index is 833. The largest absolute Gasteiger partial charge is 0.373 e. The summed E-state index contributed by atoms with van der Waals surface area (Å²) < 4.78 is 0. The van der Waals surface area contributed by atoms with Gasteiger partial charge in [-0.15, -0.1) is 0 Å². The van der Waals surface area contributed by atoms with Crippen LogP contribution in [0.4, 0.5) is 11.5 Å². The minimum atomic E-state index is -0.426. The highest BCUT2D eigenvalue weighted by molar-refractivity contribution is 5.85. The van der Waals surface area contributed by atoms with Gasteiger partial charge in [0.05, 0.1) is 10.4 Å². The van der Waals surface area contributed by atoms with Gasteiger partial charge in [-0.3, -0.25) is 15.1 Å². The molecule has 3 rings (SSSR count). The number of aromatic nitrogens is 2. The van der Waals surface area contributed by atoms with E-state index in [-0.39, 0.29) is 5.69 Å². The van der Waals surface area contributed by atoms with Gasteiger partial charge in [-0.1, -0.05) is 18.2 Å². The number of nitro groups is 1. The van der Waals surface area contributed by atoms with Crippen molar-refractivity contribution in [1.82, 2.24) is 9.97 Å². The zero-order valence-corrected chi connectivity index (χ0v) is 11.3. The second-order valence-corrected chi connectivity index (χ2v) is 4.48. The van der Waals surface area contributed by atoms with E-state index in [1.165, 1.54) is 6.07 Å². The average molecular weight is 280 g/mol. The average Bonchev–Trinajstić information content (AvgIpc) is 2.53. The third-order valence-electron chi connectivity index (χ3n) is 3.21. The molecule has 0 bridgehead atoms. The van der Waals surface area contributed by atoms with Crippen molar-refractivity contribution in [2.24, 2.45) is 0 Å². The van der Waals surface area contributed by atoms with Gasteiger partial charge in [0.15, 0.2) is 5.69 Å². The zero-order chi connectivity index (χ0) is 14.8. The molecule has 0 aliphatic carbocycles. The molecular formula is C15H12N4O2. The second-order valence-electron chi connectivity index (χ2n) is 4.48. The van der Waals surface area contributed by atoms with Crippen molar-refractivity contribution in [1.29, 1.82) is 0 Å². The maximum Gasteiger partial charge on any atom is 0.295 e. The van der Waals surface area contributed by atoms with Crippen LogP contribution in [0.25, 0.3) is 22.2 Å². The van der Waals surface area contributed by atoms with Gasteiger partial charge in [-0.05, 0) is 18.2 Å². The lowest BCUT2D eigenvalue weighted by molar-refractivity contribution is -0.384. The van der Waals surface area contributed by atoms with Gasteiger partial charge in [0.25, 0.3) is 5.69 Å². The Kier molecular flexibility index (Phi) is 3.19. The quantitative estimate of drug-likeness (QED) is 0.588. The van der Waals surface area contributed by atoms with E-state index in [1.807, 2.05) is 30.3 Å². The van der Waals surface area contributed by atoms with Crippen LogP contribution in [0.2, 0.25) is 0 Å². The van der Waals surface area contributed by atoms with Crippen LogP contribution in [0, 0.1) is 10.1 Å². The third-order valence-corrected chi connectivity index (χ3v) is 3.21. The van der Waals surface area contributed by atoms with Crippen molar-refractivity contribution < 1.29 is 4.92 Å². The van der Waals surface area contributed by atoms with Gasteiger partial charge in [-0.25, -0.2) is 4.98 Å². The smallest absolute Gasteiger partial charge is 0.295 e. The molecule has 0 amide bonds. The van der Waals surface area contributed by atoms with Crippen LogP contribution < -0.4 is 5.32 Å². The standard InChI is InChI=1S/C15H12N4O2/c1-16-14-7-6-13(19(20)21)15(18-14)11-5-4-10-3-2-8-17-12(10)9-11/h2-9H,1H3,(H,16,18). The number of hydrogen-bond donors (Lipinski definition) is 1. The summed E-state index contributed by atoms with van der Waals surface area (Å²) in [5.74, 6) is 0.580. The van der Waals surface area contributed by atoms with E-state index < -0.39 is 4.92 Å². The van der Waals surface area contributed by atoms with Gasteiger partial charge in [0.2, 0.25) is 0 Å². The van der Waals surface area contributed by atoms with Crippen LogP contribution in [0.1, 0.15) is 0 Å². The number of nitrogens with zero attached hydrogens (tertiary/aromatic N) is 3. The normalized spacial score (nSPS) is 10.5. The summed E-state index contributed by atoms with van der Waals surface area (Å²) in [6.07, 6.45) is 1.69. The summed E-state index contributed by atoms with van der Waals surface area (Å²) in [5, 5.41) is 15.1. The third kappa shape index (κ3) is 2.38. The Hall–Kier alpha value is -3.02. The fourth-order valence-electron chi connectivity index (χ4n) is 2.16. The number of rotatable bonds is 3. The van der Waals surface area contributed by atoms with E-state index in [4.69, 9.17) is 0 Å². The van der Waals surface area contributed by atoms with Crippen LogP contribution >= 0.6 is 0 Å². The highest BCUT2D eigenvalue weighted by Crippen LogP contribution is 2.30. The lowest BCUT2D eigenvalue weighted by atomic mass is 10.1. The van der Waals surface area contributed by atoms with Crippen LogP contribution in [0.3, 0.4) is 0 Å². The first-order valence-electron chi connectivity index (χ1n) is 6.37. The second kappa shape index (κ2) is 5.16. The molecule has 1 N–H and O–H groups in total. The molecule has 0 aliphatic heterocycles. The van der Waals surface area contributed by atoms with Gasteiger partial charge >= 0.3 is 0 Å². The Morgan fingerprint density at radius 1 is 1.19 bits per heavy atom. The van der Waals surface area contributed by atoms with Gasteiger partial charge in [-0.2, -0.15) is 0 Å². The number of pyridine rings is 2. The monoisotopic (exact) mass is 280 g/mol. The molecule has 6 heteroatoms. The Labute approximate surface area is 120 Å². The minimum absolute atomic E-state index is 0.0238. The molecule has 0 radical (unpaired) electrons. The minimum Gasteiger partial charge on any atom is -0.373 e. The van der Waals surface area contributed by atoms with E-state index in [0.717, 1.165) is 10.9 Å². The maximum absolute atomic E-state index is 11.2. The summed E-state index contributed by atoms with van der Waals surface area (Å²) in [5.41, 5.74) is 1.76. The SMILES string of the molecule is CNc1ccc([N+](=O)[O-])c(-c2ccc3cccnc3c2)n1. The summed E-state index contributed by atoms with van der Waals surface area (Å²) in [6.45, 7) is 0. The van der Waals surface area contributed by atoms with E-state index in [1.54, 1.807) is 19.3 Å². The molecule has 6 nitrogen and oxygen atoms in total. The maximum atomic E-state index is 11.2. The number of benzene rings is 1. The lowest BCUT2D eigenvalue weighted by Crippen LogP contribution is -1.99. The summed E-state index contributed by atoms with van der Waals surface area (Å²) in [4.78, 5) is 19.3. The molecule has 0 fully saturated rings. The zero-order valence-electron chi connectivity index (χ0n) is 11.3. The van der Waals surface area contributed by atoms with E-state index >= 15 is 0 Å². The first-order valence-corrected chi connectivity index (χ1v) is 6.37. The molecule has 0 saturated heterocycles. The fourth-order valence-corrected chi connectivity index (χ4v) is 2.16. The van der Waals surface area contributed by atoms with Crippen molar-refractivity contribution in [2.75, 3.05) is 12.4 Å². The topological polar surface area (TPSA) is 81.0 Å². The van der Waals surface area contributed by atoms with E-state index in [2.05, 4.69) is 15.3 Å². The predicted octanol–water partition coefficient (Wildman–Crippen LogP) is 3.25. The molecule has 21 heavy (non-hydrogen) atoms. The highest BCUT2D eigenvalue weighted by atomic mass is 16.6. The lowest BCUT2D eigenvalue weighted by Gasteiger charge is -2.06. The molecule has 104 valence electrons. The first kappa shape index (κ1) is 13.0. The molecule has 3 aromatic rings. The number of nitrogens with one attached hydrogen (secondary N) is 1. The van der Waals surface area contributed by atoms with E-state index in [9.17, 15) is 10.1 Å². The highest BCUT2D eigenvalue weighted by Gasteiger charge is 2.18. The number of fused-ring (bicyclic) bond motifs is 1. The van der Waals surface area contributed by atoms with Crippen molar-refractivity contribution in [3.05, 3.63) is 58.8 Å². The molecule has 0 aliphatic rings. The molecule has 2 aromatic heterocycles. The summed E-state index contributed by atoms with van der Waals surface area (Å²) in [6, 6.07) is 12.3. The van der Waals surface area contributed by atoms with Gasteiger partial charge in [0.1, 0.15) is 5.82 Å². The van der Waals surface area contributed by atoms with Crippen LogP contribution in [0.15, 0.2) is 48.7 Å². The van der Waals surface area contributed by atoms with Crippen LogP contribution in [0.5, 0.6) is 0 Å². The Morgan fingerprint density at radius 2 is 2.05 bits per heavy atom. The van der Waals surface area contributed by atoms with Crippen LogP contribution in [-0.4, -0.2) is 21.9 Å².